The van der Waals surface area contributed by atoms with Crippen molar-refractivity contribution in [3.05, 3.63) is 35.8 Å². The lowest BCUT2D eigenvalue weighted by atomic mass is 10.3. The molecule has 0 aliphatic heterocycles. The van der Waals surface area contributed by atoms with Crippen molar-refractivity contribution in [1.82, 2.24) is 14.3 Å². The molecule has 102 valence electrons. The number of thioether (sulfide) groups is 1. The predicted octanol–water partition coefficient (Wildman–Crippen LogP) is 3.50. The molecule has 0 spiro atoms. The Hall–Kier alpha value is -1.07. The lowest BCUT2D eigenvalue weighted by Gasteiger charge is -2.20. The van der Waals surface area contributed by atoms with E-state index in [2.05, 4.69) is 47.3 Å². The molecule has 0 aromatic carbocycles. The maximum Gasteiger partial charge on any atom is 0.139 e. The van der Waals surface area contributed by atoms with Crippen molar-refractivity contribution < 1.29 is 0 Å². The van der Waals surface area contributed by atoms with E-state index in [1.54, 1.807) is 11.8 Å². The minimum atomic E-state index is 0.830. The highest BCUT2D eigenvalue weighted by molar-refractivity contribution is 8.22. The third-order valence-corrected chi connectivity index (χ3v) is 4.65. The Kier molecular flexibility index (Phi) is 4.82. The van der Waals surface area contributed by atoms with Gasteiger partial charge in [0.1, 0.15) is 9.97 Å². The standard InChI is InChI=1S/C14H19N3S2/c1-4-16(5-2)14(18)19-10-12-9-17-8-6-7-11(3)13(17)15-12/h6-9H,4-5,10H2,1-3H3. The molecule has 0 aliphatic carbocycles. The Morgan fingerprint density at radius 1 is 1.42 bits per heavy atom. The number of pyridine rings is 1. The number of aryl methyl sites for hydroxylation is 1. The maximum atomic E-state index is 5.43. The van der Waals surface area contributed by atoms with Gasteiger partial charge in [0.15, 0.2) is 0 Å². The van der Waals surface area contributed by atoms with Gasteiger partial charge in [-0.1, -0.05) is 30.0 Å². The summed E-state index contributed by atoms with van der Waals surface area (Å²) in [5.41, 5.74) is 3.31. The molecule has 0 fully saturated rings. The Labute approximate surface area is 124 Å². The fourth-order valence-electron chi connectivity index (χ4n) is 1.98. The molecule has 0 saturated carbocycles. The van der Waals surface area contributed by atoms with Gasteiger partial charge in [-0.05, 0) is 32.4 Å². The van der Waals surface area contributed by atoms with Crippen LogP contribution in [-0.4, -0.2) is 31.7 Å². The summed E-state index contributed by atoms with van der Waals surface area (Å²) in [7, 11) is 0. The van der Waals surface area contributed by atoms with Crippen LogP contribution in [0.5, 0.6) is 0 Å². The second-order valence-corrected chi connectivity index (χ2v) is 5.99. The Morgan fingerprint density at radius 3 is 2.79 bits per heavy atom. The molecule has 19 heavy (non-hydrogen) atoms. The molecule has 2 rings (SSSR count). The van der Waals surface area contributed by atoms with Crippen LogP contribution >= 0.6 is 24.0 Å². The zero-order chi connectivity index (χ0) is 13.8. The molecule has 0 unspecified atom stereocenters. The van der Waals surface area contributed by atoms with Gasteiger partial charge in [-0.15, -0.1) is 0 Å². The number of hydrogen-bond acceptors (Lipinski definition) is 3. The number of fused-ring (bicyclic) bond motifs is 1. The second kappa shape index (κ2) is 6.39. The summed E-state index contributed by atoms with van der Waals surface area (Å²) in [6.45, 7) is 8.27. The van der Waals surface area contributed by atoms with Gasteiger partial charge in [-0.3, -0.25) is 0 Å². The lowest BCUT2D eigenvalue weighted by Crippen LogP contribution is -2.26. The SMILES string of the molecule is CCN(CC)C(=S)SCc1cn2cccc(C)c2n1. The summed E-state index contributed by atoms with van der Waals surface area (Å²) in [5.74, 6) is 0.830. The van der Waals surface area contributed by atoms with E-state index < -0.39 is 0 Å². The van der Waals surface area contributed by atoms with Crippen molar-refractivity contribution in [3.63, 3.8) is 0 Å². The molecule has 5 heteroatoms. The molecular weight excluding hydrogens is 274 g/mol. The molecular formula is C14H19N3S2. The largest absolute Gasteiger partial charge is 0.358 e. The van der Waals surface area contributed by atoms with Crippen LogP contribution in [0, 0.1) is 6.92 Å². The number of thiocarbonyl (C=S) groups is 1. The van der Waals surface area contributed by atoms with Crippen LogP contribution < -0.4 is 0 Å². The number of aromatic nitrogens is 2. The highest BCUT2D eigenvalue weighted by Crippen LogP contribution is 2.18. The minimum Gasteiger partial charge on any atom is -0.358 e. The first kappa shape index (κ1) is 14.3. The molecule has 2 aromatic heterocycles. The van der Waals surface area contributed by atoms with Crippen molar-refractivity contribution in [2.75, 3.05) is 13.1 Å². The summed E-state index contributed by atoms with van der Waals surface area (Å²) >= 11 is 7.12. The van der Waals surface area contributed by atoms with Crippen LogP contribution in [0.4, 0.5) is 0 Å². The first-order chi connectivity index (χ1) is 9.15. The predicted molar refractivity (Wildman–Crippen MR) is 86.7 cm³/mol. The molecule has 2 heterocycles. The van der Waals surface area contributed by atoms with Crippen molar-refractivity contribution in [3.8, 4) is 0 Å². The van der Waals surface area contributed by atoms with E-state index in [1.165, 1.54) is 5.56 Å². The minimum absolute atomic E-state index is 0.830. The van der Waals surface area contributed by atoms with Gasteiger partial charge >= 0.3 is 0 Å². The van der Waals surface area contributed by atoms with Crippen molar-refractivity contribution in [2.45, 2.75) is 26.5 Å². The Morgan fingerprint density at radius 2 is 2.16 bits per heavy atom. The molecule has 0 atom stereocenters. The molecule has 0 amide bonds. The number of rotatable bonds is 4. The van der Waals surface area contributed by atoms with Gasteiger partial charge in [0.25, 0.3) is 0 Å². The Bertz CT molecular complexity index is 573. The van der Waals surface area contributed by atoms with E-state index in [4.69, 9.17) is 12.2 Å². The zero-order valence-electron chi connectivity index (χ0n) is 11.6. The highest BCUT2D eigenvalue weighted by atomic mass is 32.2. The van der Waals surface area contributed by atoms with E-state index in [9.17, 15) is 0 Å². The summed E-state index contributed by atoms with van der Waals surface area (Å²) in [4.78, 5) is 6.85. The molecule has 3 nitrogen and oxygen atoms in total. The van der Waals surface area contributed by atoms with E-state index in [0.717, 1.165) is 34.5 Å². The van der Waals surface area contributed by atoms with Gasteiger partial charge in [-0.25, -0.2) is 4.98 Å². The van der Waals surface area contributed by atoms with E-state index >= 15 is 0 Å². The van der Waals surface area contributed by atoms with Crippen molar-refractivity contribution >= 4 is 33.9 Å². The quantitative estimate of drug-likeness (QED) is 0.804. The molecule has 0 N–H and O–H groups in total. The summed E-state index contributed by atoms with van der Waals surface area (Å²) in [6, 6.07) is 4.13. The molecule has 0 aliphatic rings. The fraction of sp³-hybridized carbons (Fsp3) is 0.429. The summed E-state index contributed by atoms with van der Waals surface area (Å²) in [6.07, 6.45) is 4.12. The smallest absolute Gasteiger partial charge is 0.139 e. The van der Waals surface area contributed by atoms with E-state index in [1.807, 2.05) is 12.3 Å². The van der Waals surface area contributed by atoms with Gasteiger partial charge in [0.2, 0.25) is 0 Å². The van der Waals surface area contributed by atoms with Crippen LogP contribution in [0.25, 0.3) is 5.65 Å². The third-order valence-electron chi connectivity index (χ3n) is 3.09. The van der Waals surface area contributed by atoms with Gasteiger partial charge in [-0.2, -0.15) is 0 Å². The lowest BCUT2D eigenvalue weighted by molar-refractivity contribution is 0.482. The van der Waals surface area contributed by atoms with Crippen LogP contribution in [0.2, 0.25) is 0 Å². The molecule has 0 bridgehead atoms. The van der Waals surface area contributed by atoms with E-state index in [0.29, 0.717) is 0 Å². The van der Waals surface area contributed by atoms with Crippen LogP contribution in [0.1, 0.15) is 25.1 Å². The average Bonchev–Trinajstić information content (AvgIpc) is 2.82. The zero-order valence-corrected chi connectivity index (χ0v) is 13.2. The van der Waals surface area contributed by atoms with Gasteiger partial charge < -0.3 is 9.30 Å². The fourth-order valence-corrected chi connectivity index (χ4v) is 3.27. The van der Waals surface area contributed by atoms with Gasteiger partial charge in [0.05, 0.1) is 5.69 Å². The monoisotopic (exact) mass is 293 g/mol. The van der Waals surface area contributed by atoms with E-state index in [-0.39, 0.29) is 0 Å². The molecule has 2 aromatic rings. The number of imidazole rings is 1. The van der Waals surface area contributed by atoms with Crippen LogP contribution in [0.3, 0.4) is 0 Å². The Balaban J connectivity index is 2.06. The third kappa shape index (κ3) is 3.28. The topological polar surface area (TPSA) is 20.5 Å². The molecule has 0 saturated heterocycles. The summed E-state index contributed by atoms with van der Waals surface area (Å²) in [5, 5.41) is 0. The maximum absolute atomic E-state index is 5.43. The summed E-state index contributed by atoms with van der Waals surface area (Å²) < 4.78 is 3.03. The first-order valence-electron chi connectivity index (χ1n) is 6.50. The van der Waals surface area contributed by atoms with Gasteiger partial charge in [0, 0.05) is 31.2 Å². The number of hydrogen-bond donors (Lipinski definition) is 0. The average molecular weight is 293 g/mol. The first-order valence-corrected chi connectivity index (χ1v) is 7.90. The van der Waals surface area contributed by atoms with Crippen LogP contribution in [0.15, 0.2) is 24.5 Å². The van der Waals surface area contributed by atoms with Crippen molar-refractivity contribution in [2.24, 2.45) is 0 Å². The second-order valence-electron chi connectivity index (χ2n) is 4.38. The highest BCUT2D eigenvalue weighted by Gasteiger charge is 2.08. The normalized spacial score (nSPS) is 10.9. The van der Waals surface area contributed by atoms with Crippen LogP contribution in [-0.2, 0) is 5.75 Å². The number of nitrogens with zero attached hydrogens (tertiary/aromatic N) is 3. The molecule has 0 radical (unpaired) electrons. The van der Waals surface area contributed by atoms with Crippen molar-refractivity contribution in [1.29, 1.82) is 0 Å².